The predicted molar refractivity (Wildman–Crippen MR) is 74.1 cm³/mol. The van der Waals surface area contributed by atoms with Crippen LogP contribution in [0.3, 0.4) is 0 Å². The minimum absolute atomic E-state index is 0.324. The Morgan fingerprint density at radius 2 is 1.95 bits per heavy atom. The van der Waals surface area contributed by atoms with Crippen LogP contribution in [0.25, 0.3) is 0 Å². The molecular weight excluding hydrogens is 242 g/mol. The maximum atomic E-state index is 11.9. The van der Waals surface area contributed by atoms with E-state index in [9.17, 15) is 4.79 Å². The topological polar surface area (TPSA) is 57.0 Å². The summed E-state index contributed by atoms with van der Waals surface area (Å²) in [7, 11) is 0. The summed E-state index contributed by atoms with van der Waals surface area (Å²) in [5.41, 5.74) is 0.602. The number of carbonyl (C=O) groups is 1. The van der Waals surface area contributed by atoms with Crippen LogP contribution in [0.4, 0.5) is 0 Å². The molecule has 0 saturated heterocycles. The van der Waals surface area contributed by atoms with Crippen LogP contribution in [-0.2, 0) is 11.3 Å². The number of aryl methyl sites for hydroxylation is 1. The van der Waals surface area contributed by atoms with Gasteiger partial charge in [0.2, 0.25) is 0 Å². The van der Waals surface area contributed by atoms with Crippen molar-refractivity contribution in [2.75, 3.05) is 0 Å². The Kier molecular flexibility index (Phi) is 5.51. The van der Waals surface area contributed by atoms with Crippen molar-refractivity contribution in [2.45, 2.75) is 72.4 Å². The summed E-state index contributed by atoms with van der Waals surface area (Å²) in [5.74, 6) is -0.398. The number of ether oxygens (including phenoxy) is 1. The zero-order valence-corrected chi connectivity index (χ0v) is 12.7. The number of nitrogens with zero attached hydrogens (tertiary/aromatic N) is 3. The molecule has 108 valence electrons. The Morgan fingerprint density at radius 3 is 2.53 bits per heavy atom. The molecule has 0 amide bonds. The van der Waals surface area contributed by atoms with E-state index >= 15 is 0 Å². The van der Waals surface area contributed by atoms with Gasteiger partial charge in [0.05, 0.1) is 5.69 Å². The van der Waals surface area contributed by atoms with Gasteiger partial charge < -0.3 is 4.74 Å². The lowest BCUT2D eigenvalue weighted by atomic mass is 10.2. The maximum Gasteiger partial charge on any atom is 0.361 e. The molecule has 0 aliphatic rings. The van der Waals surface area contributed by atoms with Crippen LogP contribution in [0.15, 0.2) is 0 Å². The zero-order chi connectivity index (χ0) is 14.5. The molecule has 1 aromatic heterocycles. The number of carbonyl (C=O) groups excluding carboxylic acids is 1. The van der Waals surface area contributed by atoms with E-state index in [0.717, 1.165) is 18.7 Å². The van der Waals surface area contributed by atoms with Gasteiger partial charge in [-0.1, -0.05) is 31.4 Å². The van der Waals surface area contributed by atoms with Crippen LogP contribution in [0.1, 0.15) is 69.6 Å². The normalized spacial score (nSPS) is 11.6. The predicted octanol–water partition coefficient (Wildman–Crippen LogP) is 3.12. The van der Waals surface area contributed by atoms with Crippen LogP contribution in [0.2, 0.25) is 0 Å². The van der Waals surface area contributed by atoms with E-state index in [0.29, 0.717) is 5.69 Å². The third kappa shape index (κ3) is 5.01. The molecule has 0 saturated carbocycles. The van der Waals surface area contributed by atoms with Crippen molar-refractivity contribution < 1.29 is 9.53 Å². The molecule has 0 spiro atoms. The molecule has 0 atom stereocenters. The number of rotatable bonds is 6. The van der Waals surface area contributed by atoms with Gasteiger partial charge >= 0.3 is 5.97 Å². The lowest BCUT2D eigenvalue weighted by molar-refractivity contribution is 0.00619. The van der Waals surface area contributed by atoms with E-state index in [4.69, 9.17) is 4.74 Å². The monoisotopic (exact) mass is 267 g/mol. The van der Waals surface area contributed by atoms with Gasteiger partial charge in [-0.25, -0.2) is 9.48 Å². The molecule has 0 aromatic carbocycles. The largest absolute Gasteiger partial charge is 0.455 e. The fraction of sp³-hybridized carbons (Fsp3) is 0.786. The van der Waals surface area contributed by atoms with Gasteiger partial charge in [-0.3, -0.25) is 0 Å². The van der Waals surface area contributed by atoms with E-state index in [2.05, 4.69) is 17.2 Å². The van der Waals surface area contributed by atoms with Gasteiger partial charge in [0.1, 0.15) is 5.60 Å². The number of hydrogen-bond donors (Lipinski definition) is 0. The van der Waals surface area contributed by atoms with Crippen LogP contribution in [-0.4, -0.2) is 26.6 Å². The molecule has 0 unspecified atom stereocenters. The SMILES string of the molecule is CCCCCCn1nnc(C(=O)OC(C)(C)C)c1C. The van der Waals surface area contributed by atoms with Gasteiger partial charge in [0.25, 0.3) is 0 Å². The quantitative estimate of drug-likeness (QED) is 0.587. The van der Waals surface area contributed by atoms with Crippen LogP contribution < -0.4 is 0 Å². The summed E-state index contributed by atoms with van der Waals surface area (Å²) in [6, 6.07) is 0. The second-order valence-corrected chi connectivity index (χ2v) is 5.81. The maximum absolute atomic E-state index is 11.9. The van der Waals surface area contributed by atoms with Crippen LogP contribution in [0.5, 0.6) is 0 Å². The number of unbranched alkanes of at least 4 members (excludes halogenated alkanes) is 3. The summed E-state index contributed by atoms with van der Waals surface area (Å²) in [5, 5.41) is 7.97. The molecule has 0 N–H and O–H groups in total. The smallest absolute Gasteiger partial charge is 0.361 e. The molecule has 5 nitrogen and oxygen atoms in total. The summed E-state index contributed by atoms with van der Waals surface area (Å²) in [6.45, 7) is 10.4. The first kappa shape index (κ1) is 15.7. The fourth-order valence-corrected chi connectivity index (χ4v) is 1.78. The highest BCUT2D eigenvalue weighted by Gasteiger charge is 2.23. The van der Waals surface area contributed by atoms with Gasteiger partial charge in [-0.05, 0) is 34.1 Å². The van der Waals surface area contributed by atoms with Crippen molar-refractivity contribution in [1.82, 2.24) is 15.0 Å². The van der Waals surface area contributed by atoms with Crippen molar-refractivity contribution in [3.8, 4) is 0 Å². The molecule has 5 heteroatoms. The van der Waals surface area contributed by atoms with E-state index < -0.39 is 11.6 Å². The number of hydrogen-bond acceptors (Lipinski definition) is 4. The second-order valence-electron chi connectivity index (χ2n) is 5.81. The summed E-state index contributed by atoms with van der Waals surface area (Å²) in [6.07, 6.45) is 4.68. The molecular formula is C14H25N3O2. The number of esters is 1. The van der Waals surface area contributed by atoms with E-state index in [1.165, 1.54) is 19.3 Å². The standard InChI is InChI=1S/C14H25N3O2/c1-6-7-8-9-10-17-11(2)12(15-16-17)13(18)19-14(3,4)5/h6-10H2,1-5H3. The molecule has 1 aromatic rings. The third-order valence-electron chi connectivity index (χ3n) is 2.80. The van der Waals surface area contributed by atoms with Crippen molar-refractivity contribution in [3.05, 3.63) is 11.4 Å². The first-order valence-corrected chi connectivity index (χ1v) is 6.98. The fourth-order valence-electron chi connectivity index (χ4n) is 1.78. The average molecular weight is 267 g/mol. The average Bonchev–Trinajstić information content (AvgIpc) is 2.64. The summed E-state index contributed by atoms with van der Waals surface area (Å²) >= 11 is 0. The first-order chi connectivity index (χ1) is 8.85. The Morgan fingerprint density at radius 1 is 1.26 bits per heavy atom. The highest BCUT2D eigenvalue weighted by molar-refractivity contribution is 5.88. The van der Waals surface area contributed by atoms with Crippen molar-refractivity contribution in [1.29, 1.82) is 0 Å². The van der Waals surface area contributed by atoms with E-state index in [-0.39, 0.29) is 0 Å². The lowest BCUT2D eigenvalue weighted by Gasteiger charge is -2.18. The first-order valence-electron chi connectivity index (χ1n) is 6.98. The highest BCUT2D eigenvalue weighted by Crippen LogP contribution is 2.13. The molecule has 0 aliphatic heterocycles. The molecule has 0 fully saturated rings. The minimum atomic E-state index is -0.506. The molecule has 0 bridgehead atoms. The van der Waals surface area contributed by atoms with E-state index in [1.54, 1.807) is 4.68 Å². The molecule has 0 radical (unpaired) electrons. The van der Waals surface area contributed by atoms with Gasteiger partial charge in [0, 0.05) is 6.54 Å². The molecule has 0 aliphatic carbocycles. The van der Waals surface area contributed by atoms with Crippen molar-refractivity contribution >= 4 is 5.97 Å². The summed E-state index contributed by atoms with van der Waals surface area (Å²) < 4.78 is 7.09. The van der Waals surface area contributed by atoms with Gasteiger partial charge in [0.15, 0.2) is 5.69 Å². The lowest BCUT2D eigenvalue weighted by Crippen LogP contribution is -2.24. The van der Waals surface area contributed by atoms with Gasteiger partial charge in [-0.15, -0.1) is 5.10 Å². The molecule has 1 rings (SSSR count). The highest BCUT2D eigenvalue weighted by atomic mass is 16.6. The third-order valence-corrected chi connectivity index (χ3v) is 2.80. The van der Waals surface area contributed by atoms with Gasteiger partial charge in [-0.2, -0.15) is 0 Å². The second kappa shape index (κ2) is 6.68. The van der Waals surface area contributed by atoms with Crippen molar-refractivity contribution in [3.63, 3.8) is 0 Å². The van der Waals surface area contributed by atoms with Crippen LogP contribution >= 0.6 is 0 Å². The number of aromatic nitrogens is 3. The minimum Gasteiger partial charge on any atom is -0.455 e. The van der Waals surface area contributed by atoms with Crippen molar-refractivity contribution in [2.24, 2.45) is 0 Å². The van der Waals surface area contributed by atoms with Crippen LogP contribution in [0, 0.1) is 6.92 Å². The summed E-state index contributed by atoms with van der Waals surface area (Å²) in [4.78, 5) is 11.9. The Labute approximate surface area is 115 Å². The Hall–Kier alpha value is -1.39. The Bertz CT molecular complexity index is 419. The Balaban J connectivity index is 2.62. The zero-order valence-electron chi connectivity index (χ0n) is 12.7. The molecule has 1 heterocycles. The molecule has 19 heavy (non-hydrogen) atoms. The van der Waals surface area contributed by atoms with E-state index in [1.807, 2.05) is 27.7 Å².